The highest BCUT2D eigenvalue weighted by Crippen LogP contribution is 2.43. The molecule has 0 N–H and O–H groups in total. The zero-order chi connectivity index (χ0) is 9.47. The van der Waals surface area contributed by atoms with E-state index in [0.717, 1.165) is 0 Å². The molecule has 1 aliphatic heterocycles. The van der Waals surface area contributed by atoms with Crippen LogP contribution in [0.1, 0.15) is 39.0 Å². The minimum Gasteiger partial charge on any atom is -0.458 e. The molecule has 0 radical (unpaired) electrons. The Hall–Kier alpha value is -0.240. The van der Waals surface area contributed by atoms with Crippen molar-refractivity contribution in [1.82, 2.24) is 0 Å². The summed E-state index contributed by atoms with van der Waals surface area (Å²) in [5, 5.41) is 0. The van der Waals surface area contributed by atoms with Crippen LogP contribution >= 0.6 is 11.6 Å². The van der Waals surface area contributed by atoms with Crippen LogP contribution in [0.5, 0.6) is 0 Å². The summed E-state index contributed by atoms with van der Waals surface area (Å²) in [4.78, 5) is 10.3. The molecule has 1 aliphatic carbocycles. The molecular formula is C10H15ClO2. The van der Waals surface area contributed by atoms with Gasteiger partial charge in [0.1, 0.15) is 6.10 Å². The van der Waals surface area contributed by atoms with Gasteiger partial charge in [0.15, 0.2) is 4.87 Å². The summed E-state index contributed by atoms with van der Waals surface area (Å²) in [5.74, 6) is 0.263. The van der Waals surface area contributed by atoms with Crippen molar-refractivity contribution >= 4 is 17.6 Å². The van der Waals surface area contributed by atoms with E-state index in [1.807, 2.05) is 0 Å². The van der Waals surface area contributed by atoms with Gasteiger partial charge in [0.25, 0.3) is 0 Å². The van der Waals surface area contributed by atoms with E-state index < -0.39 is 4.87 Å². The van der Waals surface area contributed by atoms with Crippen LogP contribution in [-0.4, -0.2) is 16.9 Å². The van der Waals surface area contributed by atoms with Crippen LogP contribution in [0.25, 0.3) is 0 Å². The number of carbonyl (C=O) groups is 1. The third-order valence-corrected chi connectivity index (χ3v) is 3.61. The normalized spacial score (nSPS) is 41.1. The van der Waals surface area contributed by atoms with E-state index >= 15 is 0 Å². The second-order valence-electron chi connectivity index (χ2n) is 4.30. The molecule has 2 nitrogen and oxygen atoms in total. The third-order valence-electron chi connectivity index (χ3n) is 3.25. The van der Waals surface area contributed by atoms with Crippen LogP contribution in [0.3, 0.4) is 0 Å². The topological polar surface area (TPSA) is 26.3 Å². The van der Waals surface area contributed by atoms with Crippen LogP contribution in [0.15, 0.2) is 0 Å². The molecule has 0 amide bonds. The fourth-order valence-corrected chi connectivity index (χ4v) is 2.64. The van der Waals surface area contributed by atoms with Crippen molar-refractivity contribution in [3.8, 4) is 0 Å². The molecule has 0 spiro atoms. The lowest BCUT2D eigenvalue weighted by atomic mass is 9.78. The molecule has 0 unspecified atom stereocenters. The lowest BCUT2D eigenvalue weighted by Crippen LogP contribution is -2.60. The maximum atomic E-state index is 11.1. The van der Waals surface area contributed by atoms with E-state index in [1.165, 1.54) is 32.1 Å². The van der Waals surface area contributed by atoms with E-state index in [-0.39, 0.29) is 12.1 Å². The highest BCUT2D eigenvalue weighted by atomic mass is 35.5. The van der Waals surface area contributed by atoms with Gasteiger partial charge in [-0.05, 0) is 25.7 Å². The molecule has 13 heavy (non-hydrogen) atoms. The van der Waals surface area contributed by atoms with Crippen molar-refractivity contribution in [2.24, 2.45) is 5.92 Å². The fourth-order valence-electron chi connectivity index (χ4n) is 2.38. The van der Waals surface area contributed by atoms with Gasteiger partial charge in [0, 0.05) is 0 Å². The largest absolute Gasteiger partial charge is 0.458 e. The molecule has 1 heterocycles. The van der Waals surface area contributed by atoms with Gasteiger partial charge in [-0.3, -0.25) is 0 Å². The number of ether oxygens (including phenoxy) is 1. The smallest absolute Gasteiger partial charge is 0.331 e. The Balaban J connectivity index is 1.98. The summed E-state index contributed by atoms with van der Waals surface area (Å²) >= 11 is 6.08. The number of carbonyl (C=O) groups excluding carboxylic acids is 1. The maximum Gasteiger partial charge on any atom is 0.331 e. The molecule has 2 aliphatic rings. The Morgan fingerprint density at radius 1 is 1.38 bits per heavy atom. The van der Waals surface area contributed by atoms with Gasteiger partial charge in [0.05, 0.1) is 0 Å². The number of hydrogen-bond acceptors (Lipinski definition) is 2. The zero-order valence-corrected chi connectivity index (χ0v) is 8.64. The maximum absolute atomic E-state index is 11.1. The quantitative estimate of drug-likeness (QED) is 0.483. The summed E-state index contributed by atoms with van der Waals surface area (Å²) in [6.45, 7) is 1.78. The summed E-state index contributed by atoms with van der Waals surface area (Å²) in [5.41, 5.74) is 0. The lowest BCUT2D eigenvalue weighted by Gasteiger charge is -2.45. The Kier molecular flexibility index (Phi) is 2.26. The molecule has 1 saturated carbocycles. The minimum atomic E-state index is -0.734. The molecule has 74 valence electrons. The Morgan fingerprint density at radius 2 is 2.00 bits per heavy atom. The van der Waals surface area contributed by atoms with Crippen LogP contribution in [-0.2, 0) is 9.53 Å². The van der Waals surface area contributed by atoms with E-state index in [9.17, 15) is 4.79 Å². The first kappa shape index (κ1) is 9.32. The first-order valence-corrected chi connectivity index (χ1v) is 5.40. The van der Waals surface area contributed by atoms with Gasteiger partial charge in [-0.1, -0.05) is 19.3 Å². The van der Waals surface area contributed by atoms with Crippen molar-refractivity contribution in [2.75, 3.05) is 0 Å². The van der Waals surface area contributed by atoms with Crippen LogP contribution in [0, 0.1) is 5.92 Å². The van der Waals surface area contributed by atoms with Gasteiger partial charge >= 0.3 is 5.97 Å². The second-order valence-corrected chi connectivity index (χ2v) is 5.08. The van der Waals surface area contributed by atoms with Crippen molar-refractivity contribution in [3.63, 3.8) is 0 Å². The number of rotatable bonds is 1. The predicted molar refractivity (Wildman–Crippen MR) is 50.7 cm³/mol. The second kappa shape index (κ2) is 3.16. The monoisotopic (exact) mass is 202 g/mol. The van der Waals surface area contributed by atoms with Crippen molar-refractivity contribution in [3.05, 3.63) is 0 Å². The first-order chi connectivity index (χ1) is 6.12. The van der Waals surface area contributed by atoms with E-state index in [4.69, 9.17) is 16.3 Å². The molecule has 0 aromatic heterocycles. The molecule has 0 aromatic rings. The van der Waals surface area contributed by atoms with Crippen LogP contribution in [0.2, 0.25) is 0 Å². The number of hydrogen-bond donors (Lipinski definition) is 0. The highest BCUT2D eigenvalue weighted by molar-refractivity contribution is 6.36. The molecule has 2 fully saturated rings. The van der Waals surface area contributed by atoms with Gasteiger partial charge < -0.3 is 4.74 Å². The van der Waals surface area contributed by atoms with Gasteiger partial charge in [-0.15, -0.1) is 11.6 Å². The summed E-state index contributed by atoms with van der Waals surface area (Å²) < 4.78 is 5.12. The summed E-state index contributed by atoms with van der Waals surface area (Å²) in [6.07, 6.45) is 6.13. The Morgan fingerprint density at radius 3 is 2.46 bits per heavy atom. The number of esters is 1. The molecule has 3 heteroatoms. The third kappa shape index (κ3) is 1.45. The van der Waals surface area contributed by atoms with Crippen molar-refractivity contribution < 1.29 is 9.53 Å². The number of halogens is 1. The lowest BCUT2D eigenvalue weighted by molar-refractivity contribution is -0.185. The molecule has 2 atom stereocenters. The van der Waals surface area contributed by atoms with E-state index in [0.29, 0.717) is 5.92 Å². The molecule has 0 aromatic carbocycles. The standard InChI is InChI=1S/C10H15ClO2/c1-10(11)8(13-9(10)12)7-5-3-2-4-6-7/h7-8H,2-6H2,1H3/t8-,10+/m1/s1. The molecule has 0 bridgehead atoms. The zero-order valence-electron chi connectivity index (χ0n) is 7.88. The first-order valence-electron chi connectivity index (χ1n) is 5.02. The van der Waals surface area contributed by atoms with E-state index in [1.54, 1.807) is 6.92 Å². The molecular weight excluding hydrogens is 188 g/mol. The number of cyclic esters (lactones) is 1. The number of alkyl halides is 1. The summed E-state index contributed by atoms with van der Waals surface area (Å²) in [6, 6.07) is 0. The Labute approximate surface area is 83.6 Å². The molecule has 1 saturated heterocycles. The average molecular weight is 203 g/mol. The molecule has 2 rings (SSSR count). The Bertz CT molecular complexity index is 219. The SMILES string of the molecule is C[C@@]1(Cl)C(=O)O[C@@H]1C1CCCCC1. The highest BCUT2D eigenvalue weighted by Gasteiger charge is 2.56. The fraction of sp³-hybridized carbons (Fsp3) is 0.900. The van der Waals surface area contributed by atoms with Gasteiger partial charge in [-0.2, -0.15) is 0 Å². The van der Waals surface area contributed by atoms with Gasteiger partial charge in [-0.25, -0.2) is 4.79 Å². The van der Waals surface area contributed by atoms with Crippen molar-refractivity contribution in [1.29, 1.82) is 0 Å². The van der Waals surface area contributed by atoms with Crippen LogP contribution < -0.4 is 0 Å². The van der Waals surface area contributed by atoms with Gasteiger partial charge in [0.2, 0.25) is 0 Å². The predicted octanol–water partition coefficient (Wildman–Crippen LogP) is 2.49. The minimum absolute atomic E-state index is 0.0260. The average Bonchev–Trinajstić information content (AvgIpc) is 2.15. The summed E-state index contributed by atoms with van der Waals surface area (Å²) in [7, 11) is 0. The van der Waals surface area contributed by atoms with Crippen LogP contribution in [0.4, 0.5) is 0 Å². The van der Waals surface area contributed by atoms with E-state index in [2.05, 4.69) is 0 Å². The van der Waals surface area contributed by atoms with Crippen molar-refractivity contribution in [2.45, 2.75) is 50.0 Å².